The lowest BCUT2D eigenvalue weighted by atomic mass is 9.92. The van der Waals surface area contributed by atoms with Crippen LogP contribution in [0.4, 0.5) is 5.69 Å². The van der Waals surface area contributed by atoms with Crippen molar-refractivity contribution in [2.75, 3.05) is 4.90 Å². The Bertz CT molecular complexity index is 1190. The minimum atomic E-state index is -1.07. The first-order valence-corrected chi connectivity index (χ1v) is 12.6. The monoisotopic (exact) mass is 469 g/mol. The first-order chi connectivity index (χ1) is 15.4. The Morgan fingerprint density at radius 3 is 2.69 bits per heavy atom. The van der Waals surface area contributed by atoms with E-state index >= 15 is 0 Å². The summed E-state index contributed by atoms with van der Waals surface area (Å²) in [6.07, 6.45) is 6.70. The van der Waals surface area contributed by atoms with Crippen LogP contribution in [0.2, 0.25) is 5.02 Å². The molecule has 1 aromatic carbocycles. The van der Waals surface area contributed by atoms with E-state index in [0.29, 0.717) is 22.9 Å². The van der Waals surface area contributed by atoms with Crippen LogP contribution in [-0.2, 0) is 11.3 Å². The van der Waals surface area contributed by atoms with Crippen molar-refractivity contribution in [3.8, 4) is 0 Å². The molecule has 1 aliphatic carbocycles. The third-order valence-electron chi connectivity index (χ3n) is 7.06. The van der Waals surface area contributed by atoms with Crippen LogP contribution in [0, 0.1) is 6.92 Å². The maximum Gasteiger partial charge on any atom is 0.275 e. The molecule has 5 rings (SSSR count). The summed E-state index contributed by atoms with van der Waals surface area (Å²) in [4.78, 5) is 29.5. The molecular formula is C25H28ClN3O2S. The molecule has 0 saturated heterocycles. The highest BCUT2D eigenvalue weighted by atomic mass is 35.5. The van der Waals surface area contributed by atoms with Gasteiger partial charge < -0.3 is 9.88 Å². The second-order valence-electron chi connectivity index (χ2n) is 9.25. The number of anilines is 1. The van der Waals surface area contributed by atoms with Crippen LogP contribution in [0.15, 0.2) is 35.7 Å². The Morgan fingerprint density at radius 2 is 1.94 bits per heavy atom. The van der Waals surface area contributed by atoms with E-state index in [0.717, 1.165) is 41.5 Å². The maximum atomic E-state index is 13.9. The first kappa shape index (κ1) is 21.5. The molecule has 7 heteroatoms. The second-order valence-corrected chi connectivity index (χ2v) is 10.6. The number of hydrogen-bond donors (Lipinski definition) is 1. The molecule has 168 valence electrons. The number of hydrogen-bond acceptors (Lipinski definition) is 3. The summed E-state index contributed by atoms with van der Waals surface area (Å²) in [7, 11) is 0. The summed E-state index contributed by atoms with van der Waals surface area (Å²) in [5.41, 5.74) is 2.05. The Hall–Kier alpha value is -2.31. The molecule has 3 aromatic rings. The fraction of sp³-hybridized carbons (Fsp3) is 0.440. The second kappa shape index (κ2) is 8.23. The van der Waals surface area contributed by atoms with Crippen LogP contribution in [0.1, 0.15) is 61.5 Å². The Labute approximate surface area is 197 Å². The molecule has 0 spiro atoms. The van der Waals surface area contributed by atoms with Crippen molar-refractivity contribution >= 4 is 50.7 Å². The largest absolute Gasteiger partial charge is 0.351 e. The van der Waals surface area contributed by atoms with Gasteiger partial charge in [0.25, 0.3) is 5.91 Å². The van der Waals surface area contributed by atoms with Gasteiger partial charge in [0.2, 0.25) is 5.91 Å². The zero-order valence-corrected chi connectivity index (χ0v) is 20.1. The van der Waals surface area contributed by atoms with Crippen LogP contribution in [0.3, 0.4) is 0 Å². The van der Waals surface area contributed by atoms with E-state index in [1.807, 2.05) is 54.1 Å². The summed E-state index contributed by atoms with van der Waals surface area (Å²) in [5.74, 6) is -0.261. The van der Waals surface area contributed by atoms with Gasteiger partial charge in [0.05, 0.1) is 16.8 Å². The average molecular weight is 470 g/mol. The number of fused-ring (bicyclic) bond motifs is 3. The molecule has 1 atom stereocenters. The molecule has 1 fully saturated rings. The molecule has 0 bridgehead atoms. The lowest BCUT2D eigenvalue weighted by Gasteiger charge is -2.45. The van der Waals surface area contributed by atoms with Crippen molar-refractivity contribution < 1.29 is 9.59 Å². The molecule has 0 radical (unpaired) electrons. The number of benzene rings is 1. The molecule has 3 heterocycles. The molecular weight excluding hydrogens is 442 g/mol. The number of nitrogens with one attached hydrogen (secondary N) is 1. The van der Waals surface area contributed by atoms with Crippen LogP contribution < -0.4 is 10.2 Å². The van der Waals surface area contributed by atoms with Crippen LogP contribution >= 0.6 is 22.9 Å². The van der Waals surface area contributed by atoms with E-state index in [9.17, 15) is 9.59 Å². The van der Waals surface area contributed by atoms with Gasteiger partial charge in [-0.15, -0.1) is 11.3 Å². The number of carbonyl (C=O) groups is 2. The summed E-state index contributed by atoms with van der Waals surface area (Å²) in [5, 5.41) is 5.93. The summed E-state index contributed by atoms with van der Waals surface area (Å²) in [6.45, 7) is 4.19. The highest BCUT2D eigenvalue weighted by Gasteiger charge is 2.49. The van der Waals surface area contributed by atoms with Crippen molar-refractivity contribution in [2.45, 2.75) is 70.5 Å². The minimum absolute atomic E-state index is 0.0974. The quantitative estimate of drug-likeness (QED) is 0.484. The van der Waals surface area contributed by atoms with Crippen molar-refractivity contribution in [1.29, 1.82) is 0 Å². The fourth-order valence-corrected chi connectivity index (χ4v) is 6.19. The van der Waals surface area contributed by atoms with Gasteiger partial charge in [0.1, 0.15) is 11.2 Å². The molecule has 1 aliphatic heterocycles. The number of amides is 2. The molecule has 1 N–H and O–H groups in total. The SMILES string of the molecule is Cc1c(Cl)cccc1N1C(=O)c2cc3sccc3n2CC1(C)C(=O)NC1CCCCCC1. The number of nitrogens with zero attached hydrogens (tertiary/aromatic N) is 2. The number of thiophene rings is 1. The Morgan fingerprint density at radius 1 is 1.19 bits per heavy atom. The highest BCUT2D eigenvalue weighted by Crippen LogP contribution is 2.39. The van der Waals surface area contributed by atoms with E-state index in [-0.39, 0.29) is 17.9 Å². The smallest absolute Gasteiger partial charge is 0.275 e. The van der Waals surface area contributed by atoms with Gasteiger partial charge in [-0.05, 0) is 61.9 Å². The van der Waals surface area contributed by atoms with Crippen LogP contribution in [0.25, 0.3) is 10.2 Å². The van der Waals surface area contributed by atoms with Gasteiger partial charge in [-0.25, -0.2) is 0 Å². The van der Waals surface area contributed by atoms with Crippen molar-refractivity contribution in [3.63, 3.8) is 0 Å². The topological polar surface area (TPSA) is 54.3 Å². The maximum absolute atomic E-state index is 13.9. The van der Waals surface area contributed by atoms with Gasteiger partial charge in [0, 0.05) is 16.8 Å². The summed E-state index contributed by atoms with van der Waals surface area (Å²) < 4.78 is 3.07. The van der Waals surface area contributed by atoms with Crippen LogP contribution in [0.5, 0.6) is 0 Å². The zero-order chi connectivity index (χ0) is 22.5. The molecule has 32 heavy (non-hydrogen) atoms. The molecule has 1 unspecified atom stereocenters. The summed E-state index contributed by atoms with van der Waals surface area (Å²) in [6, 6.07) is 9.67. The van der Waals surface area contributed by atoms with Crippen LogP contribution in [-0.4, -0.2) is 28.0 Å². The molecule has 1 saturated carbocycles. The number of rotatable bonds is 3. The van der Waals surface area contributed by atoms with Crippen molar-refractivity contribution in [1.82, 2.24) is 9.88 Å². The van der Waals surface area contributed by atoms with Gasteiger partial charge in [-0.2, -0.15) is 0 Å². The lowest BCUT2D eigenvalue weighted by Crippen LogP contribution is -2.65. The number of aromatic nitrogens is 1. The third-order valence-corrected chi connectivity index (χ3v) is 8.33. The minimum Gasteiger partial charge on any atom is -0.351 e. The molecule has 2 amide bonds. The van der Waals surface area contributed by atoms with E-state index in [1.54, 1.807) is 16.2 Å². The predicted octanol–water partition coefficient (Wildman–Crippen LogP) is 5.92. The fourth-order valence-electron chi connectivity index (χ4n) is 5.19. The van der Waals surface area contributed by atoms with E-state index < -0.39 is 5.54 Å². The van der Waals surface area contributed by atoms with Gasteiger partial charge >= 0.3 is 0 Å². The standard InChI is InChI=1S/C25H28ClN3O2S/c1-16-18(26)10-7-11-19(16)29-23(30)21-14-22-20(12-13-32-22)28(21)15-25(29,2)24(31)27-17-8-5-3-4-6-9-17/h7,10-14,17H,3-6,8-9,15H2,1-2H3,(H,27,31). The van der Waals surface area contributed by atoms with Gasteiger partial charge in [-0.3, -0.25) is 14.5 Å². The van der Waals surface area contributed by atoms with Crippen molar-refractivity contribution in [3.05, 3.63) is 52.0 Å². The third kappa shape index (κ3) is 3.44. The molecule has 2 aliphatic rings. The first-order valence-electron chi connectivity index (χ1n) is 11.4. The zero-order valence-electron chi connectivity index (χ0n) is 18.5. The highest BCUT2D eigenvalue weighted by molar-refractivity contribution is 7.17. The lowest BCUT2D eigenvalue weighted by molar-refractivity contribution is -0.127. The van der Waals surface area contributed by atoms with Gasteiger partial charge in [-0.1, -0.05) is 43.4 Å². The molecule has 5 nitrogen and oxygen atoms in total. The Balaban J connectivity index is 1.61. The average Bonchev–Trinajstić information content (AvgIpc) is 3.26. The van der Waals surface area contributed by atoms with E-state index in [2.05, 4.69) is 5.32 Å². The predicted molar refractivity (Wildman–Crippen MR) is 131 cm³/mol. The number of carbonyl (C=O) groups excluding carboxylic acids is 2. The van der Waals surface area contributed by atoms with Crippen molar-refractivity contribution in [2.24, 2.45) is 0 Å². The Kier molecular flexibility index (Phi) is 5.54. The normalized spacial score (nSPS) is 22.1. The van der Waals surface area contributed by atoms with Gasteiger partial charge in [0.15, 0.2) is 0 Å². The number of halogens is 1. The molecule has 2 aromatic heterocycles. The van der Waals surface area contributed by atoms with E-state index in [1.165, 1.54) is 12.8 Å². The van der Waals surface area contributed by atoms with E-state index in [4.69, 9.17) is 11.6 Å². The summed E-state index contributed by atoms with van der Waals surface area (Å²) >= 11 is 8.04.